The standard InChI is InChI=1S/C18H22N6O/c1-12-4-2-3-5-13(12)15-16-17(23-22-15)21-14(10-20-16)24-8-6-18(19,11-25)7-9-24/h2-5,10,25H,6-9,11,19H2,1H3,(H,21,22,23). The van der Waals surface area contributed by atoms with Crippen LogP contribution in [-0.2, 0) is 0 Å². The number of hydrogen-bond donors (Lipinski definition) is 3. The summed E-state index contributed by atoms with van der Waals surface area (Å²) < 4.78 is 0. The zero-order valence-corrected chi connectivity index (χ0v) is 14.2. The summed E-state index contributed by atoms with van der Waals surface area (Å²) in [5.41, 5.74) is 10.2. The number of rotatable bonds is 3. The third kappa shape index (κ3) is 2.85. The number of nitrogens with one attached hydrogen (secondary N) is 1. The summed E-state index contributed by atoms with van der Waals surface area (Å²) >= 11 is 0. The number of benzene rings is 1. The van der Waals surface area contributed by atoms with Crippen LogP contribution in [0.15, 0.2) is 30.5 Å². The van der Waals surface area contributed by atoms with Crippen molar-refractivity contribution >= 4 is 17.0 Å². The molecule has 4 rings (SSSR count). The van der Waals surface area contributed by atoms with Crippen molar-refractivity contribution in [2.75, 3.05) is 24.6 Å². The van der Waals surface area contributed by atoms with E-state index in [0.717, 1.165) is 54.1 Å². The minimum Gasteiger partial charge on any atom is -0.394 e. The maximum atomic E-state index is 9.40. The van der Waals surface area contributed by atoms with E-state index in [1.54, 1.807) is 6.20 Å². The molecule has 25 heavy (non-hydrogen) atoms. The van der Waals surface area contributed by atoms with Gasteiger partial charge in [-0.25, -0.2) is 9.97 Å². The number of aromatic nitrogens is 4. The van der Waals surface area contributed by atoms with Gasteiger partial charge < -0.3 is 15.7 Å². The third-order valence-corrected chi connectivity index (χ3v) is 5.06. The van der Waals surface area contributed by atoms with Crippen molar-refractivity contribution < 1.29 is 5.11 Å². The number of fused-ring (bicyclic) bond motifs is 1. The van der Waals surface area contributed by atoms with Gasteiger partial charge >= 0.3 is 0 Å². The molecule has 7 heteroatoms. The summed E-state index contributed by atoms with van der Waals surface area (Å²) in [7, 11) is 0. The summed E-state index contributed by atoms with van der Waals surface area (Å²) in [4.78, 5) is 11.5. The molecule has 0 radical (unpaired) electrons. The van der Waals surface area contributed by atoms with Gasteiger partial charge in [0.2, 0.25) is 0 Å². The Morgan fingerprint density at radius 2 is 2.04 bits per heavy atom. The van der Waals surface area contributed by atoms with Crippen molar-refractivity contribution in [3.63, 3.8) is 0 Å². The van der Waals surface area contributed by atoms with Crippen LogP contribution in [0.1, 0.15) is 18.4 Å². The second-order valence-corrected chi connectivity index (χ2v) is 6.82. The number of anilines is 1. The Morgan fingerprint density at radius 1 is 1.28 bits per heavy atom. The highest BCUT2D eigenvalue weighted by Crippen LogP contribution is 2.28. The number of aliphatic hydroxyl groups is 1. The quantitative estimate of drug-likeness (QED) is 0.670. The number of H-pyrrole nitrogens is 1. The van der Waals surface area contributed by atoms with Crippen LogP contribution in [0.2, 0.25) is 0 Å². The van der Waals surface area contributed by atoms with Crippen molar-refractivity contribution in [3.05, 3.63) is 36.0 Å². The lowest BCUT2D eigenvalue weighted by Crippen LogP contribution is -2.53. The fourth-order valence-electron chi connectivity index (χ4n) is 3.31. The van der Waals surface area contributed by atoms with Gasteiger partial charge in [-0.3, -0.25) is 5.10 Å². The molecule has 0 atom stereocenters. The van der Waals surface area contributed by atoms with E-state index in [1.165, 1.54) is 0 Å². The van der Waals surface area contributed by atoms with Gasteiger partial charge in [0, 0.05) is 24.2 Å². The van der Waals surface area contributed by atoms with E-state index in [2.05, 4.69) is 33.1 Å². The summed E-state index contributed by atoms with van der Waals surface area (Å²) in [6, 6.07) is 8.11. The molecule has 0 amide bonds. The first-order valence-electron chi connectivity index (χ1n) is 8.51. The molecule has 0 bridgehead atoms. The van der Waals surface area contributed by atoms with Gasteiger partial charge in [-0.15, -0.1) is 0 Å². The molecule has 7 nitrogen and oxygen atoms in total. The predicted molar refractivity (Wildman–Crippen MR) is 97.3 cm³/mol. The molecule has 1 fully saturated rings. The number of aromatic amines is 1. The Labute approximate surface area is 145 Å². The Balaban J connectivity index is 1.64. The van der Waals surface area contributed by atoms with Crippen LogP contribution < -0.4 is 10.6 Å². The second-order valence-electron chi connectivity index (χ2n) is 6.82. The maximum Gasteiger partial charge on any atom is 0.177 e. The number of nitrogens with two attached hydrogens (primary N) is 1. The lowest BCUT2D eigenvalue weighted by Gasteiger charge is -2.38. The lowest BCUT2D eigenvalue weighted by molar-refractivity contribution is 0.170. The van der Waals surface area contributed by atoms with Gasteiger partial charge in [0.25, 0.3) is 0 Å². The largest absolute Gasteiger partial charge is 0.394 e. The van der Waals surface area contributed by atoms with Gasteiger partial charge in [-0.1, -0.05) is 24.3 Å². The van der Waals surface area contributed by atoms with E-state index in [4.69, 9.17) is 10.7 Å². The lowest BCUT2D eigenvalue weighted by atomic mass is 9.90. The van der Waals surface area contributed by atoms with Crippen molar-refractivity contribution in [2.24, 2.45) is 5.73 Å². The molecule has 0 unspecified atom stereocenters. The van der Waals surface area contributed by atoms with E-state index < -0.39 is 5.54 Å². The average molecular weight is 338 g/mol. The zero-order valence-electron chi connectivity index (χ0n) is 14.2. The first-order chi connectivity index (χ1) is 12.1. The van der Waals surface area contributed by atoms with Crippen molar-refractivity contribution in [1.82, 2.24) is 20.2 Å². The number of aliphatic hydroxyl groups excluding tert-OH is 1. The number of piperidine rings is 1. The molecular formula is C18H22N6O. The highest BCUT2D eigenvalue weighted by Gasteiger charge is 2.30. The number of nitrogens with zero attached hydrogens (tertiary/aromatic N) is 4. The smallest absolute Gasteiger partial charge is 0.177 e. The molecule has 3 aromatic rings. The minimum absolute atomic E-state index is 0.0197. The van der Waals surface area contributed by atoms with E-state index in [9.17, 15) is 5.11 Å². The Hall–Kier alpha value is -2.51. The summed E-state index contributed by atoms with van der Waals surface area (Å²) in [6.45, 7) is 3.60. The SMILES string of the molecule is Cc1ccccc1-c1n[nH]c2nc(N3CCC(N)(CO)CC3)cnc12. The van der Waals surface area contributed by atoms with Crippen molar-refractivity contribution in [2.45, 2.75) is 25.3 Å². The fourth-order valence-corrected chi connectivity index (χ4v) is 3.31. The van der Waals surface area contributed by atoms with Gasteiger partial charge in [0.1, 0.15) is 17.0 Å². The molecule has 2 aromatic heterocycles. The third-order valence-electron chi connectivity index (χ3n) is 5.06. The molecule has 0 saturated carbocycles. The fraction of sp³-hybridized carbons (Fsp3) is 0.389. The molecule has 1 aliphatic rings. The van der Waals surface area contributed by atoms with Crippen LogP contribution in [0.25, 0.3) is 22.4 Å². The molecule has 1 saturated heterocycles. The van der Waals surface area contributed by atoms with Crippen molar-refractivity contribution in [1.29, 1.82) is 0 Å². The van der Waals surface area contributed by atoms with Crippen LogP contribution in [0, 0.1) is 6.92 Å². The minimum atomic E-state index is -0.472. The highest BCUT2D eigenvalue weighted by molar-refractivity contribution is 5.88. The second kappa shape index (κ2) is 6.09. The molecule has 1 aliphatic heterocycles. The summed E-state index contributed by atoms with van der Waals surface area (Å²) in [5, 5.41) is 16.8. The number of aryl methyl sites for hydroxylation is 1. The monoisotopic (exact) mass is 338 g/mol. The Kier molecular flexibility index (Phi) is 3.89. The van der Waals surface area contributed by atoms with E-state index in [0.29, 0.717) is 5.65 Å². The van der Waals surface area contributed by atoms with Crippen LogP contribution >= 0.6 is 0 Å². The topological polar surface area (TPSA) is 104 Å². The molecule has 4 N–H and O–H groups in total. The van der Waals surface area contributed by atoms with Crippen LogP contribution in [0.4, 0.5) is 5.82 Å². The van der Waals surface area contributed by atoms with Crippen LogP contribution in [0.3, 0.4) is 0 Å². The van der Waals surface area contributed by atoms with Gasteiger partial charge in [0.15, 0.2) is 5.65 Å². The van der Waals surface area contributed by atoms with Crippen LogP contribution in [-0.4, -0.2) is 50.5 Å². The van der Waals surface area contributed by atoms with Gasteiger partial charge in [-0.05, 0) is 25.3 Å². The maximum absolute atomic E-state index is 9.40. The van der Waals surface area contributed by atoms with Gasteiger partial charge in [0.05, 0.1) is 12.8 Å². The van der Waals surface area contributed by atoms with Crippen LogP contribution in [0.5, 0.6) is 0 Å². The number of hydrogen-bond acceptors (Lipinski definition) is 6. The van der Waals surface area contributed by atoms with E-state index >= 15 is 0 Å². The zero-order chi connectivity index (χ0) is 17.4. The summed E-state index contributed by atoms with van der Waals surface area (Å²) in [5.74, 6) is 0.812. The molecule has 3 heterocycles. The first-order valence-corrected chi connectivity index (χ1v) is 8.51. The molecule has 130 valence electrons. The Bertz CT molecular complexity index is 897. The normalized spacial score (nSPS) is 17.2. The molecule has 1 aromatic carbocycles. The average Bonchev–Trinajstić information content (AvgIpc) is 3.06. The molecule has 0 aliphatic carbocycles. The van der Waals surface area contributed by atoms with E-state index in [1.807, 2.05) is 18.2 Å². The summed E-state index contributed by atoms with van der Waals surface area (Å²) in [6.07, 6.45) is 3.27. The predicted octanol–water partition coefficient (Wildman–Crippen LogP) is 1.62. The highest BCUT2D eigenvalue weighted by atomic mass is 16.3. The molecule has 0 spiro atoms. The van der Waals surface area contributed by atoms with Crippen molar-refractivity contribution in [3.8, 4) is 11.3 Å². The van der Waals surface area contributed by atoms with Gasteiger partial charge in [-0.2, -0.15) is 5.10 Å². The first kappa shape index (κ1) is 16.0. The molecular weight excluding hydrogens is 316 g/mol. The van der Waals surface area contributed by atoms with E-state index in [-0.39, 0.29) is 6.61 Å². The Morgan fingerprint density at radius 3 is 2.76 bits per heavy atom.